The molecule has 25 heavy (non-hydrogen) atoms. The van der Waals surface area contributed by atoms with E-state index in [1.807, 2.05) is 13.0 Å². The zero-order valence-corrected chi connectivity index (χ0v) is 14.4. The maximum atomic E-state index is 12.9. The van der Waals surface area contributed by atoms with E-state index in [2.05, 4.69) is 5.32 Å². The van der Waals surface area contributed by atoms with E-state index in [-0.39, 0.29) is 23.0 Å². The summed E-state index contributed by atoms with van der Waals surface area (Å²) >= 11 is 0. The lowest BCUT2D eigenvalue weighted by Crippen LogP contribution is -2.34. The van der Waals surface area contributed by atoms with Gasteiger partial charge in [0.1, 0.15) is 11.3 Å². The summed E-state index contributed by atoms with van der Waals surface area (Å²) in [6.45, 7) is 4.81. The molecule has 3 rings (SSSR count). The summed E-state index contributed by atoms with van der Waals surface area (Å²) in [6.07, 6.45) is 1.94. The van der Waals surface area contributed by atoms with Crippen LogP contribution < -0.4 is 10.9 Å². The Balaban J connectivity index is 1.90. The number of hydrogen-bond acceptors (Lipinski definition) is 4. The minimum Gasteiger partial charge on any atom is -0.508 e. The smallest absolute Gasteiger partial charge is 0.263 e. The highest BCUT2D eigenvalue weighted by Gasteiger charge is 2.22. The van der Waals surface area contributed by atoms with Crippen molar-refractivity contribution < 1.29 is 14.6 Å². The molecular weight excluding hydrogens is 320 g/mol. The van der Waals surface area contributed by atoms with E-state index in [0.717, 1.165) is 25.1 Å². The van der Waals surface area contributed by atoms with Crippen molar-refractivity contribution in [3.05, 3.63) is 57.5 Å². The van der Waals surface area contributed by atoms with Crippen LogP contribution >= 0.6 is 0 Å². The van der Waals surface area contributed by atoms with Crippen molar-refractivity contribution in [1.82, 2.24) is 4.57 Å². The van der Waals surface area contributed by atoms with Gasteiger partial charge in [-0.05, 0) is 62.6 Å². The third kappa shape index (κ3) is 3.74. The number of ether oxygens (including phenoxy) is 1. The fraction of sp³-hybridized carbons (Fsp3) is 0.368. The molecule has 0 unspecified atom stereocenters. The second kappa shape index (κ2) is 7.11. The zero-order valence-electron chi connectivity index (χ0n) is 14.4. The van der Waals surface area contributed by atoms with Gasteiger partial charge in [0.2, 0.25) is 0 Å². The number of nitrogens with zero attached hydrogens (tertiary/aromatic N) is 1. The molecule has 2 heterocycles. The topological polar surface area (TPSA) is 80.6 Å². The summed E-state index contributed by atoms with van der Waals surface area (Å²) in [4.78, 5) is 25.5. The highest BCUT2D eigenvalue weighted by molar-refractivity contribution is 6.05. The first-order valence-electron chi connectivity index (χ1n) is 8.38. The van der Waals surface area contributed by atoms with Gasteiger partial charge in [-0.25, -0.2) is 0 Å². The summed E-state index contributed by atoms with van der Waals surface area (Å²) in [5.41, 5.74) is 1.82. The maximum Gasteiger partial charge on any atom is 0.263 e. The van der Waals surface area contributed by atoms with E-state index < -0.39 is 5.91 Å². The first kappa shape index (κ1) is 17.2. The molecule has 1 aromatic carbocycles. The lowest BCUT2D eigenvalue weighted by molar-refractivity contribution is 0.0947. The van der Waals surface area contributed by atoms with Crippen molar-refractivity contribution in [3.8, 4) is 5.75 Å². The average molecular weight is 342 g/mol. The van der Waals surface area contributed by atoms with Gasteiger partial charge in [-0.2, -0.15) is 0 Å². The minimum absolute atomic E-state index is 0.0205. The van der Waals surface area contributed by atoms with Crippen molar-refractivity contribution in [2.24, 2.45) is 0 Å². The lowest BCUT2D eigenvalue weighted by Gasteiger charge is -2.17. The second-order valence-electron chi connectivity index (χ2n) is 6.40. The third-order valence-corrected chi connectivity index (χ3v) is 4.47. The fourth-order valence-corrected chi connectivity index (χ4v) is 3.16. The number of aryl methyl sites for hydroxylation is 2. The molecule has 6 nitrogen and oxygen atoms in total. The monoisotopic (exact) mass is 342 g/mol. The fourth-order valence-electron chi connectivity index (χ4n) is 3.16. The van der Waals surface area contributed by atoms with Gasteiger partial charge < -0.3 is 19.7 Å². The van der Waals surface area contributed by atoms with Gasteiger partial charge in [0.05, 0.1) is 12.6 Å². The number of aromatic nitrogens is 1. The summed E-state index contributed by atoms with van der Waals surface area (Å²) < 4.78 is 7.24. The van der Waals surface area contributed by atoms with Crippen molar-refractivity contribution >= 4 is 11.6 Å². The van der Waals surface area contributed by atoms with Crippen molar-refractivity contribution in [2.75, 3.05) is 11.9 Å². The first-order chi connectivity index (χ1) is 12.0. The minimum atomic E-state index is -0.450. The van der Waals surface area contributed by atoms with Crippen LogP contribution in [0.25, 0.3) is 0 Å². The summed E-state index contributed by atoms with van der Waals surface area (Å²) in [6, 6.07) is 7.98. The molecule has 0 radical (unpaired) electrons. The van der Waals surface area contributed by atoms with Crippen LogP contribution in [0.4, 0.5) is 5.69 Å². The van der Waals surface area contributed by atoms with Crippen LogP contribution in [0, 0.1) is 13.8 Å². The van der Waals surface area contributed by atoms with E-state index in [9.17, 15) is 14.7 Å². The number of aromatic hydroxyl groups is 1. The molecule has 2 aromatic rings. The molecule has 1 saturated heterocycles. The van der Waals surface area contributed by atoms with E-state index >= 15 is 0 Å². The Morgan fingerprint density at radius 1 is 1.32 bits per heavy atom. The normalized spacial score (nSPS) is 16.8. The molecule has 0 bridgehead atoms. The number of rotatable bonds is 4. The molecule has 1 aliphatic heterocycles. The van der Waals surface area contributed by atoms with Gasteiger partial charge in [-0.1, -0.05) is 0 Å². The van der Waals surface area contributed by atoms with E-state index in [4.69, 9.17) is 4.74 Å². The van der Waals surface area contributed by atoms with Crippen LogP contribution in [0.1, 0.15) is 34.5 Å². The largest absolute Gasteiger partial charge is 0.508 e. The molecule has 1 aliphatic rings. The Hall–Kier alpha value is -2.60. The van der Waals surface area contributed by atoms with E-state index in [1.165, 1.54) is 12.1 Å². The van der Waals surface area contributed by atoms with Crippen LogP contribution in [-0.2, 0) is 11.3 Å². The molecule has 0 aliphatic carbocycles. The number of carbonyl (C=O) groups excluding carboxylic acids is 1. The zero-order chi connectivity index (χ0) is 18.0. The van der Waals surface area contributed by atoms with Crippen LogP contribution in [-0.4, -0.2) is 28.3 Å². The highest BCUT2D eigenvalue weighted by Crippen LogP contribution is 2.17. The molecular formula is C19H22N2O4. The van der Waals surface area contributed by atoms with Crippen molar-refractivity contribution in [2.45, 2.75) is 39.3 Å². The number of hydrogen-bond donors (Lipinski definition) is 2. The summed E-state index contributed by atoms with van der Waals surface area (Å²) in [7, 11) is 0. The quantitative estimate of drug-likeness (QED) is 0.837. The molecule has 2 N–H and O–H groups in total. The molecule has 1 aromatic heterocycles. The molecule has 132 valence electrons. The van der Waals surface area contributed by atoms with E-state index in [0.29, 0.717) is 17.8 Å². The number of phenolic OH excluding ortho intramolecular Hbond substituents is 1. The van der Waals surface area contributed by atoms with Gasteiger partial charge in [0.25, 0.3) is 11.5 Å². The standard InChI is InChI=1S/C19H22N2O4/c1-12-10-13(2)21(11-16-4-3-9-25-16)19(24)17(12)18(23)20-14-5-7-15(22)8-6-14/h5-8,10,16,22H,3-4,9,11H2,1-2H3,(H,20,23)/t16-/m1/s1. The number of carbonyl (C=O) groups is 1. The van der Waals surface area contributed by atoms with Gasteiger partial charge in [0, 0.05) is 18.0 Å². The van der Waals surface area contributed by atoms with Gasteiger partial charge in [0.15, 0.2) is 0 Å². The second-order valence-corrected chi connectivity index (χ2v) is 6.40. The Kier molecular flexibility index (Phi) is 4.90. The Labute approximate surface area is 146 Å². The molecule has 0 saturated carbocycles. The number of phenols is 1. The Morgan fingerprint density at radius 3 is 2.68 bits per heavy atom. The molecule has 0 spiro atoms. The number of amides is 1. The van der Waals surface area contributed by atoms with Crippen LogP contribution in [0.15, 0.2) is 35.1 Å². The maximum absolute atomic E-state index is 12.9. The van der Waals surface area contributed by atoms with E-state index in [1.54, 1.807) is 23.6 Å². The number of benzene rings is 1. The summed E-state index contributed by atoms with van der Waals surface area (Å²) in [5, 5.41) is 12.0. The number of anilines is 1. The van der Waals surface area contributed by atoms with Crippen molar-refractivity contribution in [3.63, 3.8) is 0 Å². The molecule has 1 amide bonds. The predicted molar refractivity (Wildman–Crippen MR) is 95.2 cm³/mol. The van der Waals surface area contributed by atoms with Gasteiger partial charge in [-0.15, -0.1) is 0 Å². The van der Waals surface area contributed by atoms with Crippen LogP contribution in [0.3, 0.4) is 0 Å². The Bertz CT molecular complexity index is 834. The number of pyridine rings is 1. The third-order valence-electron chi connectivity index (χ3n) is 4.47. The first-order valence-corrected chi connectivity index (χ1v) is 8.38. The van der Waals surface area contributed by atoms with Crippen LogP contribution in [0.2, 0.25) is 0 Å². The molecule has 1 atom stereocenters. The number of nitrogens with one attached hydrogen (secondary N) is 1. The van der Waals surface area contributed by atoms with Gasteiger partial charge >= 0.3 is 0 Å². The Morgan fingerprint density at radius 2 is 2.04 bits per heavy atom. The predicted octanol–water partition coefficient (Wildman–Crippen LogP) is 2.60. The molecule has 6 heteroatoms. The van der Waals surface area contributed by atoms with Gasteiger partial charge in [-0.3, -0.25) is 9.59 Å². The SMILES string of the molecule is Cc1cc(C)n(C[C@H]2CCCO2)c(=O)c1C(=O)Nc1ccc(O)cc1. The average Bonchev–Trinajstić information content (AvgIpc) is 3.06. The molecule has 1 fully saturated rings. The van der Waals surface area contributed by atoms with Crippen molar-refractivity contribution in [1.29, 1.82) is 0 Å². The lowest BCUT2D eigenvalue weighted by atomic mass is 10.1. The highest BCUT2D eigenvalue weighted by atomic mass is 16.5. The van der Waals surface area contributed by atoms with Crippen LogP contribution in [0.5, 0.6) is 5.75 Å². The summed E-state index contributed by atoms with van der Waals surface area (Å²) in [5.74, 6) is -0.335.